The van der Waals surface area contributed by atoms with Gasteiger partial charge >= 0.3 is 0 Å². The van der Waals surface area contributed by atoms with Crippen molar-refractivity contribution in [2.45, 2.75) is 45.7 Å². The van der Waals surface area contributed by atoms with E-state index in [0.29, 0.717) is 12.0 Å². The number of nitrogens with zero attached hydrogens (tertiary/aromatic N) is 4. The summed E-state index contributed by atoms with van der Waals surface area (Å²) in [5.74, 6) is 3.45. The van der Waals surface area contributed by atoms with E-state index in [1.54, 1.807) is 12.6 Å². The summed E-state index contributed by atoms with van der Waals surface area (Å²) in [5, 5.41) is 11.2. The summed E-state index contributed by atoms with van der Waals surface area (Å²) in [6.45, 7) is 6.77. The zero-order valence-corrected chi connectivity index (χ0v) is 14.4. The molecule has 3 heterocycles. The predicted molar refractivity (Wildman–Crippen MR) is 92.8 cm³/mol. The molecule has 24 heavy (non-hydrogen) atoms. The Hall–Kier alpha value is -2.31. The van der Waals surface area contributed by atoms with Gasteiger partial charge in [0.25, 0.3) is 0 Å². The van der Waals surface area contributed by atoms with Crippen LogP contribution in [0.1, 0.15) is 31.9 Å². The van der Waals surface area contributed by atoms with Gasteiger partial charge in [0.05, 0.1) is 12.8 Å². The van der Waals surface area contributed by atoms with E-state index in [1.165, 1.54) is 0 Å². The van der Waals surface area contributed by atoms with Crippen LogP contribution in [0.2, 0.25) is 0 Å². The summed E-state index contributed by atoms with van der Waals surface area (Å²) < 4.78 is 7.35. The average molecular weight is 330 g/mol. The molecule has 2 aromatic rings. The van der Waals surface area contributed by atoms with Gasteiger partial charge in [-0.15, -0.1) is 0 Å². The van der Waals surface area contributed by atoms with Crippen molar-refractivity contribution >= 4 is 5.96 Å². The van der Waals surface area contributed by atoms with Crippen molar-refractivity contribution in [2.24, 2.45) is 10.9 Å². The van der Waals surface area contributed by atoms with Gasteiger partial charge < -0.3 is 15.1 Å². The van der Waals surface area contributed by atoms with Crippen molar-refractivity contribution in [3.8, 4) is 0 Å². The first-order valence-corrected chi connectivity index (χ1v) is 8.64. The number of aromatic nitrogens is 3. The van der Waals surface area contributed by atoms with Crippen LogP contribution in [-0.4, -0.2) is 39.9 Å². The number of aryl methyl sites for hydroxylation is 1. The van der Waals surface area contributed by atoms with E-state index in [0.717, 1.165) is 56.4 Å². The van der Waals surface area contributed by atoms with Gasteiger partial charge in [-0.3, -0.25) is 4.99 Å². The third-order valence-corrected chi connectivity index (χ3v) is 4.00. The van der Waals surface area contributed by atoms with Crippen LogP contribution in [0.4, 0.5) is 0 Å². The topological polar surface area (TPSA) is 80.3 Å². The summed E-state index contributed by atoms with van der Waals surface area (Å²) in [7, 11) is 0. The van der Waals surface area contributed by atoms with E-state index in [9.17, 15) is 0 Å². The van der Waals surface area contributed by atoms with Crippen molar-refractivity contribution in [3.63, 3.8) is 0 Å². The smallest absolute Gasteiger partial charge is 0.191 e. The van der Waals surface area contributed by atoms with Crippen LogP contribution in [-0.2, 0) is 19.4 Å². The first-order chi connectivity index (χ1) is 11.7. The zero-order chi connectivity index (χ0) is 16.8. The van der Waals surface area contributed by atoms with Crippen molar-refractivity contribution in [1.82, 2.24) is 25.4 Å². The molecule has 0 radical (unpaired) electrons. The molecule has 0 spiro atoms. The summed E-state index contributed by atoms with van der Waals surface area (Å²) in [5.41, 5.74) is 0. The van der Waals surface area contributed by atoms with Crippen molar-refractivity contribution in [2.75, 3.05) is 13.1 Å². The fourth-order valence-electron chi connectivity index (χ4n) is 2.73. The van der Waals surface area contributed by atoms with Crippen LogP contribution in [0.15, 0.2) is 34.1 Å². The molecular formula is C17H26N6O. The number of aliphatic imine (C=N–C) groups is 1. The van der Waals surface area contributed by atoms with E-state index in [1.807, 2.05) is 16.8 Å². The minimum absolute atomic E-state index is 0.321. The van der Waals surface area contributed by atoms with Gasteiger partial charge in [0.1, 0.15) is 17.9 Å². The molecule has 0 aliphatic carbocycles. The van der Waals surface area contributed by atoms with E-state index in [-0.39, 0.29) is 0 Å². The van der Waals surface area contributed by atoms with Crippen LogP contribution in [0, 0.1) is 5.92 Å². The van der Waals surface area contributed by atoms with Crippen LogP contribution in [0.5, 0.6) is 0 Å². The number of hydrogen-bond donors (Lipinski definition) is 2. The SMILES string of the molecule is CC(C)CN=C(NCCc1ccco1)NC1CCc2ncnn2C1. The lowest BCUT2D eigenvalue weighted by molar-refractivity contribution is 0.392. The van der Waals surface area contributed by atoms with E-state index in [2.05, 4.69) is 34.6 Å². The van der Waals surface area contributed by atoms with E-state index >= 15 is 0 Å². The van der Waals surface area contributed by atoms with Gasteiger partial charge in [-0.2, -0.15) is 5.10 Å². The van der Waals surface area contributed by atoms with Crippen LogP contribution in [0.3, 0.4) is 0 Å². The summed E-state index contributed by atoms with van der Waals surface area (Å²) in [6.07, 6.45) is 6.17. The fourth-order valence-corrected chi connectivity index (χ4v) is 2.73. The minimum Gasteiger partial charge on any atom is -0.469 e. The van der Waals surface area contributed by atoms with Crippen LogP contribution in [0.25, 0.3) is 0 Å². The van der Waals surface area contributed by atoms with Crippen molar-refractivity contribution in [1.29, 1.82) is 0 Å². The third kappa shape index (κ3) is 4.59. The third-order valence-electron chi connectivity index (χ3n) is 4.00. The summed E-state index contributed by atoms with van der Waals surface area (Å²) in [4.78, 5) is 8.97. The van der Waals surface area contributed by atoms with Crippen molar-refractivity contribution in [3.05, 3.63) is 36.3 Å². The van der Waals surface area contributed by atoms with Crippen molar-refractivity contribution < 1.29 is 4.42 Å². The molecule has 0 bridgehead atoms. The molecule has 3 rings (SSSR count). The molecule has 130 valence electrons. The molecule has 1 aliphatic rings. The maximum absolute atomic E-state index is 5.37. The van der Waals surface area contributed by atoms with E-state index in [4.69, 9.17) is 9.41 Å². The molecule has 7 heteroatoms. The second-order valence-corrected chi connectivity index (χ2v) is 6.58. The first-order valence-electron chi connectivity index (χ1n) is 8.64. The molecule has 0 aromatic carbocycles. The molecule has 1 unspecified atom stereocenters. The van der Waals surface area contributed by atoms with Gasteiger partial charge in [0.15, 0.2) is 5.96 Å². The average Bonchev–Trinajstić information content (AvgIpc) is 3.23. The van der Waals surface area contributed by atoms with Crippen LogP contribution < -0.4 is 10.6 Å². The molecule has 0 saturated heterocycles. The van der Waals surface area contributed by atoms with Gasteiger partial charge in [-0.1, -0.05) is 13.8 Å². The Labute approximate surface area is 142 Å². The quantitative estimate of drug-likeness (QED) is 0.621. The highest BCUT2D eigenvalue weighted by Gasteiger charge is 2.20. The number of hydrogen-bond acceptors (Lipinski definition) is 4. The maximum atomic E-state index is 5.37. The lowest BCUT2D eigenvalue weighted by Gasteiger charge is -2.25. The molecule has 1 aliphatic heterocycles. The molecule has 2 aromatic heterocycles. The predicted octanol–water partition coefficient (Wildman–Crippen LogP) is 1.62. The second kappa shape index (κ2) is 7.99. The first kappa shape index (κ1) is 16.5. The van der Waals surface area contributed by atoms with Gasteiger partial charge in [-0.05, 0) is 24.5 Å². The molecule has 0 amide bonds. The lowest BCUT2D eigenvalue weighted by Crippen LogP contribution is -2.47. The van der Waals surface area contributed by atoms with Gasteiger partial charge in [-0.25, -0.2) is 9.67 Å². The standard InChI is InChI=1S/C17H26N6O/c1-13(2)10-19-17(18-8-7-15-4-3-9-24-15)22-14-5-6-16-20-12-21-23(16)11-14/h3-4,9,12-14H,5-8,10-11H2,1-2H3,(H2,18,19,22). The van der Waals surface area contributed by atoms with Gasteiger partial charge in [0.2, 0.25) is 0 Å². The van der Waals surface area contributed by atoms with Crippen LogP contribution >= 0.6 is 0 Å². The molecule has 0 saturated carbocycles. The maximum Gasteiger partial charge on any atom is 0.191 e. The number of fused-ring (bicyclic) bond motifs is 1. The number of furan rings is 1. The minimum atomic E-state index is 0.321. The molecule has 1 atom stereocenters. The highest BCUT2D eigenvalue weighted by Crippen LogP contribution is 2.11. The summed E-state index contributed by atoms with van der Waals surface area (Å²) in [6, 6.07) is 4.23. The Morgan fingerprint density at radius 3 is 3.21 bits per heavy atom. The highest BCUT2D eigenvalue weighted by atomic mass is 16.3. The normalized spacial score (nSPS) is 17.8. The van der Waals surface area contributed by atoms with Gasteiger partial charge in [0, 0.05) is 32.0 Å². The highest BCUT2D eigenvalue weighted by molar-refractivity contribution is 5.80. The largest absolute Gasteiger partial charge is 0.469 e. The monoisotopic (exact) mass is 330 g/mol. The fraction of sp³-hybridized carbons (Fsp3) is 0.588. The zero-order valence-electron chi connectivity index (χ0n) is 14.4. The molecule has 0 fully saturated rings. The number of nitrogens with one attached hydrogen (secondary N) is 2. The Balaban J connectivity index is 1.54. The van der Waals surface area contributed by atoms with E-state index < -0.39 is 0 Å². The molecular weight excluding hydrogens is 304 g/mol. The summed E-state index contributed by atoms with van der Waals surface area (Å²) >= 11 is 0. The second-order valence-electron chi connectivity index (χ2n) is 6.58. The molecule has 2 N–H and O–H groups in total. The Kier molecular flexibility index (Phi) is 5.51. The Morgan fingerprint density at radius 2 is 2.42 bits per heavy atom. The Morgan fingerprint density at radius 1 is 1.50 bits per heavy atom. The number of rotatable bonds is 6. The number of guanidine groups is 1. The molecule has 7 nitrogen and oxygen atoms in total. The lowest BCUT2D eigenvalue weighted by atomic mass is 10.1. The Bertz CT molecular complexity index is 646.